The Morgan fingerprint density at radius 3 is 2.38 bits per heavy atom. The summed E-state index contributed by atoms with van der Waals surface area (Å²) in [6, 6.07) is 2.12. The molecule has 3 atom stereocenters. The van der Waals surface area contributed by atoms with Crippen LogP contribution in [0.3, 0.4) is 0 Å². The first-order valence-electron chi connectivity index (χ1n) is 6.36. The van der Waals surface area contributed by atoms with Gasteiger partial charge in [-0.3, -0.25) is 0 Å². The molecule has 0 amide bonds. The van der Waals surface area contributed by atoms with Crippen LogP contribution in [0.2, 0.25) is 0 Å². The number of halogens is 5. The van der Waals surface area contributed by atoms with Gasteiger partial charge in [0.2, 0.25) is 5.82 Å². The van der Waals surface area contributed by atoms with E-state index in [1.54, 1.807) is 0 Å². The van der Waals surface area contributed by atoms with Gasteiger partial charge in [0.1, 0.15) is 0 Å². The molecule has 2 nitrogen and oxygen atoms in total. The predicted molar refractivity (Wildman–Crippen MR) is 65.2 cm³/mol. The molecule has 0 spiro atoms. The molecule has 0 aliphatic carbocycles. The van der Waals surface area contributed by atoms with E-state index in [1.165, 1.54) is 13.0 Å². The minimum atomic E-state index is -4.55. The highest BCUT2D eigenvalue weighted by Gasteiger charge is 2.61. The van der Waals surface area contributed by atoms with Crippen LogP contribution < -0.4 is 4.74 Å². The summed E-state index contributed by atoms with van der Waals surface area (Å²) in [6.45, 7) is 2.11. The van der Waals surface area contributed by atoms with E-state index in [1.807, 2.05) is 0 Å². The third-order valence-corrected chi connectivity index (χ3v) is 4.28. The molecular weight excluding hydrogens is 295 g/mol. The van der Waals surface area contributed by atoms with Crippen molar-refractivity contribution in [3.63, 3.8) is 0 Å². The van der Waals surface area contributed by atoms with Crippen LogP contribution in [0.1, 0.15) is 25.3 Å². The Balaban J connectivity index is 2.44. The normalized spacial score (nSPS) is 29.7. The predicted octanol–water partition coefficient (Wildman–Crippen LogP) is 4.04. The van der Waals surface area contributed by atoms with E-state index >= 15 is 0 Å². The number of rotatable bonds is 2. The van der Waals surface area contributed by atoms with Crippen molar-refractivity contribution in [2.45, 2.75) is 31.5 Å². The van der Waals surface area contributed by atoms with E-state index < -0.39 is 35.2 Å². The first-order valence-corrected chi connectivity index (χ1v) is 6.36. The Hall–Kier alpha value is -1.37. The zero-order valence-corrected chi connectivity index (χ0v) is 11.7. The van der Waals surface area contributed by atoms with Crippen LogP contribution in [0.4, 0.5) is 22.0 Å². The molecule has 1 aromatic carbocycles. The fourth-order valence-electron chi connectivity index (χ4n) is 2.67. The smallest absolute Gasteiger partial charge is 0.417 e. The summed E-state index contributed by atoms with van der Waals surface area (Å²) >= 11 is 0. The number of hydrogen-bond donors (Lipinski definition) is 0. The number of alkyl halides is 3. The van der Waals surface area contributed by atoms with Gasteiger partial charge < -0.3 is 9.47 Å². The van der Waals surface area contributed by atoms with Gasteiger partial charge >= 0.3 is 6.18 Å². The van der Waals surface area contributed by atoms with Crippen LogP contribution in [0.5, 0.6) is 5.75 Å². The average molecular weight is 310 g/mol. The Morgan fingerprint density at radius 1 is 1.29 bits per heavy atom. The molecule has 0 aromatic heterocycles. The highest BCUT2D eigenvalue weighted by Crippen LogP contribution is 2.51. The lowest BCUT2D eigenvalue weighted by Crippen LogP contribution is -2.46. The lowest BCUT2D eigenvalue weighted by Gasteiger charge is -2.32. The molecule has 0 saturated carbocycles. The van der Waals surface area contributed by atoms with Crippen LogP contribution in [-0.2, 0) is 4.74 Å². The summed E-state index contributed by atoms with van der Waals surface area (Å²) in [6.07, 6.45) is -4.55. The Morgan fingerprint density at radius 2 is 1.90 bits per heavy atom. The van der Waals surface area contributed by atoms with Gasteiger partial charge in [-0.25, -0.2) is 4.39 Å². The third kappa shape index (κ3) is 2.37. The second-order valence-corrected chi connectivity index (χ2v) is 5.29. The van der Waals surface area contributed by atoms with Crippen molar-refractivity contribution >= 4 is 0 Å². The van der Waals surface area contributed by atoms with Crippen molar-refractivity contribution in [3.8, 4) is 5.75 Å². The summed E-state index contributed by atoms with van der Waals surface area (Å²) in [5, 5.41) is 0. The second kappa shape index (κ2) is 5.12. The SMILES string of the molecule is COc1c([C@@H]2CO[C@](C)(C(F)(F)F)[C@@H]2C)ccc(F)c1F. The molecule has 1 fully saturated rings. The molecular formula is C14H15F5O2. The maximum Gasteiger partial charge on any atom is 0.417 e. The van der Waals surface area contributed by atoms with Crippen LogP contribution in [0.25, 0.3) is 0 Å². The van der Waals surface area contributed by atoms with Gasteiger partial charge in [0.05, 0.1) is 13.7 Å². The van der Waals surface area contributed by atoms with Crippen molar-refractivity contribution < 1.29 is 31.4 Å². The van der Waals surface area contributed by atoms with Crippen LogP contribution in [0, 0.1) is 17.6 Å². The molecule has 7 heteroatoms. The molecule has 118 valence electrons. The van der Waals surface area contributed by atoms with Crippen LogP contribution in [0.15, 0.2) is 12.1 Å². The molecule has 1 saturated heterocycles. The summed E-state index contributed by atoms with van der Waals surface area (Å²) in [4.78, 5) is 0. The van der Waals surface area contributed by atoms with E-state index in [0.29, 0.717) is 0 Å². The average Bonchev–Trinajstić information content (AvgIpc) is 2.70. The van der Waals surface area contributed by atoms with Gasteiger partial charge in [0, 0.05) is 17.4 Å². The highest BCUT2D eigenvalue weighted by molar-refractivity contribution is 5.40. The zero-order valence-electron chi connectivity index (χ0n) is 11.7. The van der Waals surface area contributed by atoms with Gasteiger partial charge in [-0.15, -0.1) is 0 Å². The van der Waals surface area contributed by atoms with Gasteiger partial charge in [-0.1, -0.05) is 13.0 Å². The topological polar surface area (TPSA) is 18.5 Å². The standard InChI is InChI=1S/C14H15F5O2/c1-7-9(6-21-13(7,2)14(17,18)19)8-4-5-10(15)11(16)12(8)20-3/h4-5,7,9H,6H2,1-3H3/t7-,9-,13+/m1/s1. The molecule has 1 aliphatic rings. The van der Waals surface area contributed by atoms with Gasteiger partial charge in [-0.2, -0.15) is 17.6 Å². The molecule has 1 aromatic rings. The molecule has 1 heterocycles. The lowest BCUT2D eigenvalue weighted by molar-refractivity contribution is -0.266. The minimum Gasteiger partial charge on any atom is -0.493 e. The van der Waals surface area contributed by atoms with Crippen LogP contribution >= 0.6 is 0 Å². The van der Waals surface area contributed by atoms with E-state index in [-0.39, 0.29) is 17.9 Å². The number of hydrogen-bond acceptors (Lipinski definition) is 2. The fraction of sp³-hybridized carbons (Fsp3) is 0.571. The highest BCUT2D eigenvalue weighted by atomic mass is 19.4. The van der Waals surface area contributed by atoms with Gasteiger partial charge in [0.15, 0.2) is 17.2 Å². The first-order chi connectivity index (χ1) is 9.63. The largest absolute Gasteiger partial charge is 0.493 e. The molecule has 2 rings (SSSR count). The monoisotopic (exact) mass is 310 g/mol. The molecule has 0 bridgehead atoms. The Labute approximate surface area is 118 Å². The van der Waals surface area contributed by atoms with Crippen molar-refractivity contribution in [3.05, 3.63) is 29.3 Å². The summed E-state index contributed by atoms with van der Waals surface area (Å²) in [5.41, 5.74) is -2.15. The molecule has 0 unspecified atom stereocenters. The number of ether oxygens (including phenoxy) is 2. The quantitative estimate of drug-likeness (QED) is 0.767. The second-order valence-electron chi connectivity index (χ2n) is 5.29. The van der Waals surface area contributed by atoms with Crippen molar-refractivity contribution in [2.24, 2.45) is 5.92 Å². The van der Waals surface area contributed by atoms with E-state index in [4.69, 9.17) is 9.47 Å². The van der Waals surface area contributed by atoms with E-state index in [0.717, 1.165) is 20.1 Å². The molecule has 1 aliphatic heterocycles. The molecule has 0 N–H and O–H groups in total. The maximum absolute atomic E-state index is 13.7. The number of methoxy groups -OCH3 is 1. The lowest BCUT2D eigenvalue weighted by atomic mass is 9.79. The maximum atomic E-state index is 13.7. The van der Waals surface area contributed by atoms with E-state index in [9.17, 15) is 22.0 Å². The van der Waals surface area contributed by atoms with Gasteiger partial charge in [0.25, 0.3) is 0 Å². The summed E-state index contributed by atoms with van der Waals surface area (Å²) in [5.74, 6) is -4.39. The molecule has 21 heavy (non-hydrogen) atoms. The van der Waals surface area contributed by atoms with Crippen molar-refractivity contribution in [2.75, 3.05) is 13.7 Å². The fourth-order valence-corrected chi connectivity index (χ4v) is 2.67. The summed E-state index contributed by atoms with van der Waals surface area (Å²) in [7, 11) is 1.14. The Bertz CT molecular complexity index is 543. The van der Waals surface area contributed by atoms with Crippen molar-refractivity contribution in [1.82, 2.24) is 0 Å². The van der Waals surface area contributed by atoms with E-state index in [2.05, 4.69) is 0 Å². The van der Waals surface area contributed by atoms with Crippen LogP contribution in [-0.4, -0.2) is 25.5 Å². The van der Waals surface area contributed by atoms with Gasteiger partial charge in [-0.05, 0) is 13.0 Å². The van der Waals surface area contributed by atoms with Crippen molar-refractivity contribution in [1.29, 1.82) is 0 Å². The third-order valence-electron chi connectivity index (χ3n) is 4.28. The molecule has 0 radical (unpaired) electrons. The minimum absolute atomic E-state index is 0.178. The zero-order chi connectivity index (χ0) is 16.0. The Kier molecular flexibility index (Phi) is 3.90. The first kappa shape index (κ1) is 16.0. The summed E-state index contributed by atoms with van der Waals surface area (Å²) < 4.78 is 76.0. The number of benzene rings is 1.